The van der Waals surface area contributed by atoms with Crippen LogP contribution in [0.2, 0.25) is 0 Å². The summed E-state index contributed by atoms with van der Waals surface area (Å²) in [7, 11) is 0. The molecule has 2 heterocycles. The molecule has 0 N–H and O–H groups in total. The summed E-state index contributed by atoms with van der Waals surface area (Å²) < 4.78 is 9.10. The molecule has 0 saturated heterocycles. The third-order valence-electron chi connectivity index (χ3n) is 14.7. The molecule has 1 aliphatic carbocycles. The highest BCUT2D eigenvalue weighted by atomic mass is 16.5. The van der Waals surface area contributed by atoms with Gasteiger partial charge in [-0.2, -0.15) is 0 Å². The molecule has 0 radical (unpaired) electrons. The van der Waals surface area contributed by atoms with Gasteiger partial charge < -0.3 is 14.2 Å². The van der Waals surface area contributed by atoms with Gasteiger partial charge in [0.1, 0.15) is 11.5 Å². The second kappa shape index (κ2) is 16.0. The van der Waals surface area contributed by atoms with Crippen molar-refractivity contribution in [3.8, 4) is 61.7 Å². The molecule has 1 aromatic heterocycles. The number of benzene rings is 11. The van der Waals surface area contributed by atoms with Gasteiger partial charge in [0.05, 0.1) is 16.4 Å². The van der Waals surface area contributed by atoms with Crippen molar-refractivity contribution in [1.82, 2.24) is 4.57 Å². The molecule has 0 atom stereocenters. The van der Waals surface area contributed by atoms with Gasteiger partial charge in [0.15, 0.2) is 0 Å². The summed E-state index contributed by atoms with van der Waals surface area (Å²) in [4.78, 5) is 2.36. The van der Waals surface area contributed by atoms with E-state index in [1.165, 1.54) is 77.5 Å². The number of nitrogens with zero attached hydrogens (tertiary/aromatic N) is 2. The van der Waals surface area contributed by atoms with E-state index in [-0.39, 0.29) is 0 Å². The van der Waals surface area contributed by atoms with Gasteiger partial charge in [-0.1, -0.05) is 200 Å². The minimum absolute atomic E-state index is 0.557. The van der Waals surface area contributed by atoms with Crippen LogP contribution in [0.5, 0.6) is 11.5 Å². The minimum atomic E-state index is -0.557. The fourth-order valence-electron chi connectivity index (χ4n) is 11.7. The summed E-state index contributed by atoms with van der Waals surface area (Å²) in [6.07, 6.45) is 0. The second-order valence-electron chi connectivity index (χ2n) is 18.4. The third-order valence-corrected chi connectivity index (χ3v) is 14.7. The van der Waals surface area contributed by atoms with Crippen LogP contribution in [0.4, 0.5) is 17.1 Å². The number of ether oxygens (including phenoxy) is 1. The van der Waals surface area contributed by atoms with Crippen molar-refractivity contribution >= 4 is 38.9 Å². The predicted molar refractivity (Wildman–Crippen MR) is 289 cm³/mol. The second-order valence-corrected chi connectivity index (χ2v) is 18.4. The first-order chi connectivity index (χ1) is 34.7. The van der Waals surface area contributed by atoms with Crippen LogP contribution in [0.15, 0.2) is 267 Å². The molecule has 0 unspecified atom stereocenters. The van der Waals surface area contributed by atoms with Crippen molar-refractivity contribution in [3.63, 3.8) is 0 Å². The molecule has 1 spiro atoms. The van der Waals surface area contributed by atoms with Gasteiger partial charge >= 0.3 is 0 Å². The zero-order valence-corrected chi connectivity index (χ0v) is 38.2. The summed E-state index contributed by atoms with van der Waals surface area (Å²) in [5.74, 6) is 1.79. The Morgan fingerprint density at radius 3 is 1.54 bits per heavy atom. The van der Waals surface area contributed by atoms with E-state index in [1.807, 2.05) is 0 Å². The summed E-state index contributed by atoms with van der Waals surface area (Å²) in [6.45, 7) is 0. The molecule has 14 rings (SSSR count). The van der Waals surface area contributed by atoms with Gasteiger partial charge in [0.2, 0.25) is 0 Å². The number of fused-ring (bicyclic) bond motifs is 12. The number of aromatic nitrogens is 1. The summed E-state index contributed by atoms with van der Waals surface area (Å²) in [5, 5.41) is 2.43. The smallest absolute Gasteiger partial charge is 0.132 e. The van der Waals surface area contributed by atoms with E-state index >= 15 is 0 Å². The molecule has 328 valence electrons. The third kappa shape index (κ3) is 6.01. The maximum atomic E-state index is 6.67. The van der Waals surface area contributed by atoms with Crippen molar-refractivity contribution in [3.05, 3.63) is 289 Å². The molecule has 70 heavy (non-hydrogen) atoms. The van der Waals surface area contributed by atoms with E-state index in [1.54, 1.807) is 0 Å². The Hall–Kier alpha value is -9.18. The fraction of sp³-hybridized carbons (Fsp3) is 0.0149. The first kappa shape index (κ1) is 39.9. The Kier molecular flexibility index (Phi) is 9.11. The molecule has 0 amide bonds. The molecule has 0 saturated carbocycles. The summed E-state index contributed by atoms with van der Waals surface area (Å²) >= 11 is 0. The lowest BCUT2D eigenvalue weighted by molar-refractivity contribution is 0.436. The number of anilines is 3. The van der Waals surface area contributed by atoms with E-state index in [2.05, 4.69) is 276 Å². The molecule has 2 aliphatic rings. The molecule has 11 aromatic carbocycles. The number of hydrogen-bond acceptors (Lipinski definition) is 2. The van der Waals surface area contributed by atoms with E-state index in [4.69, 9.17) is 4.74 Å². The van der Waals surface area contributed by atoms with Gasteiger partial charge in [-0.25, -0.2) is 0 Å². The lowest BCUT2D eigenvalue weighted by Gasteiger charge is -2.40. The lowest BCUT2D eigenvalue weighted by Crippen LogP contribution is -2.32. The van der Waals surface area contributed by atoms with Crippen LogP contribution in [0, 0.1) is 0 Å². The SMILES string of the molecule is c1ccc(-c2ccc(N(c3ccccc3)c3ccc4c5c(-c6ccc(-c7cccc8c7C7(c9ccccc9Oc9ccccc97)c7ccccc7-8)cc6)cccc5n(-c5ccccc5)c4c3)cc2)cc1. The van der Waals surface area contributed by atoms with Crippen LogP contribution in [0.1, 0.15) is 22.3 Å². The normalized spacial score (nSPS) is 12.8. The average molecular weight is 893 g/mol. The zero-order chi connectivity index (χ0) is 46.2. The average Bonchev–Trinajstić information content (AvgIpc) is 3.93. The van der Waals surface area contributed by atoms with E-state index in [9.17, 15) is 0 Å². The molecule has 12 aromatic rings. The molecule has 0 bridgehead atoms. The van der Waals surface area contributed by atoms with E-state index in [0.717, 1.165) is 45.3 Å². The topological polar surface area (TPSA) is 17.4 Å². The molecule has 0 fully saturated rings. The zero-order valence-electron chi connectivity index (χ0n) is 38.2. The quantitative estimate of drug-likeness (QED) is 0.159. The molecule has 3 heteroatoms. The highest BCUT2D eigenvalue weighted by Crippen LogP contribution is 2.63. The van der Waals surface area contributed by atoms with Gasteiger partial charge in [-0.15, -0.1) is 0 Å². The first-order valence-corrected chi connectivity index (χ1v) is 24.1. The Bertz CT molecular complexity index is 3900. The summed E-state index contributed by atoms with van der Waals surface area (Å²) in [6, 6.07) is 97.0. The van der Waals surface area contributed by atoms with E-state index in [0.29, 0.717) is 0 Å². The van der Waals surface area contributed by atoms with Crippen molar-refractivity contribution in [2.75, 3.05) is 4.90 Å². The Balaban J connectivity index is 0.925. The van der Waals surface area contributed by atoms with Gasteiger partial charge in [0, 0.05) is 44.6 Å². The van der Waals surface area contributed by atoms with Crippen molar-refractivity contribution < 1.29 is 4.74 Å². The maximum Gasteiger partial charge on any atom is 0.132 e. The number of rotatable bonds is 7. The molecular weight excluding hydrogens is 849 g/mol. The van der Waals surface area contributed by atoms with Crippen LogP contribution in [-0.4, -0.2) is 4.57 Å². The molecule has 3 nitrogen and oxygen atoms in total. The monoisotopic (exact) mass is 892 g/mol. The van der Waals surface area contributed by atoms with Crippen LogP contribution in [-0.2, 0) is 5.41 Å². The van der Waals surface area contributed by atoms with Crippen LogP contribution in [0.25, 0.3) is 72.0 Å². The van der Waals surface area contributed by atoms with Crippen LogP contribution >= 0.6 is 0 Å². The fourth-order valence-corrected chi connectivity index (χ4v) is 11.7. The van der Waals surface area contributed by atoms with Crippen molar-refractivity contribution in [2.45, 2.75) is 5.41 Å². The molecular formula is C67H44N2O. The summed E-state index contributed by atoms with van der Waals surface area (Å²) in [5.41, 5.74) is 20.7. The van der Waals surface area contributed by atoms with Gasteiger partial charge in [-0.3, -0.25) is 0 Å². The van der Waals surface area contributed by atoms with Gasteiger partial charge in [0.25, 0.3) is 0 Å². The minimum Gasteiger partial charge on any atom is -0.457 e. The standard InChI is InChI=1S/C67H44N2O/c1-4-18-45(19-5-1)46-38-40-51(41-39-46)68(49-20-6-2-7-21-49)52-42-43-57-62(44-52)69(50-22-8-3-9-23-50)61-31-17-25-53(65(57)61)47-34-36-48(37-35-47)54-26-16-27-56-55-24-10-11-28-58(55)67(66(54)56)59-29-12-14-32-63(59)70-64-33-15-13-30-60(64)67/h1-44H. The highest BCUT2D eigenvalue weighted by Gasteiger charge is 2.52. The largest absolute Gasteiger partial charge is 0.457 e. The highest BCUT2D eigenvalue weighted by molar-refractivity contribution is 6.16. The van der Waals surface area contributed by atoms with Crippen molar-refractivity contribution in [1.29, 1.82) is 0 Å². The lowest BCUT2D eigenvalue weighted by atomic mass is 9.64. The van der Waals surface area contributed by atoms with Crippen LogP contribution in [0.3, 0.4) is 0 Å². The Labute approximate surface area is 407 Å². The maximum absolute atomic E-state index is 6.67. The number of para-hydroxylation sites is 4. The Morgan fingerprint density at radius 2 is 0.829 bits per heavy atom. The number of hydrogen-bond donors (Lipinski definition) is 0. The van der Waals surface area contributed by atoms with Crippen LogP contribution < -0.4 is 9.64 Å². The predicted octanol–water partition coefficient (Wildman–Crippen LogP) is 17.7. The van der Waals surface area contributed by atoms with Gasteiger partial charge in [-0.05, 0) is 122 Å². The Morgan fingerprint density at radius 1 is 0.329 bits per heavy atom. The molecule has 1 aliphatic heterocycles. The first-order valence-electron chi connectivity index (χ1n) is 24.1. The van der Waals surface area contributed by atoms with E-state index < -0.39 is 5.41 Å². The van der Waals surface area contributed by atoms with Crippen molar-refractivity contribution in [2.24, 2.45) is 0 Å².